The number of carboxylic acids is 2. The summed E-state index contributed by atoms with van der Waals surface area (Å²) in [4.78, 5) is 50.2. The number of carbonyl (C=O) groups is 2. The summed E-state index contributed by atoms with van der Waals surface area (Å²) >= 11 is 0. The minimum Gasteiger partial charge on any atom is -0.481 e. The molecular formula is C18H16N2O9S. The number of benzene rings is 1. The number of hydrogen-bond donors (Lipinski definition) is 3. The van der Waals surface area contributed by atoms with Gasteiger partial charge in [0.05, 0.1) is 28.5 Å². The molecule has 0 aliphatic carbocycles. The van der Waals surface area contributed by atoms with E-state index in [1.54, 1.807) is 12.1 Å². The second-order valence-electron chi connectivity index (χ2n) is 6.59. The van der Waals surface area contributed by atoms with E-state index >= 15 is 0 Å². The van der Waals surface area contributed by atoms with Gasteiger partial charge in [-0.1, -0.05) is 0 Å². The molecule has 0 amide bonds. The molecule has 158 valence electrons. The quantitative estimate of drug-likeness (QED) is 0.472. The Hall–Kier alpha value is -3.67. The maximum atomic E-state index is 13.0. The summed E-state index contributed by atoms with van der Waals surface area (Å²) < 4.78 is 29.7. The molecule has 1 unspecified atom stereocenters. The second-order valence-corrected chi connectivity index (χ2v) is 8.61. The maximum Gasteiger partial charge on any atom is 0.329 e. The highest BCUT2D eigenvalue weighted by Gasteiger charge is 2.28. The molecule has 0 aliphatic heterocycles. The molecule has 0 spiro atoms. The van der Waals surface area contributed by atoms with E-state index in [1.807, 2.05) is 0 Å². The smallest absolute Gasteiger partial charge is 0.329 e. The first-order chi connectivity index (χ1) is 14.0. The van der Waals surface area contributed by atoms with Crippen LogP contribution in [0.4, 0.5) is 0 Å². The van der Waals surface area contributed by atoms with Gasteiger partial charge in [0, 0.05) is 12.7 Å². The van der Waals surface area contributed by atoms with Crippen molar-refractivity contribution in [3.05, 3.63) is 62.7 Å². The second kappa shape index (κ2) is 7.63. The average Bonchev–Trinajstić information content (AvgIpc) is 3.13. The first-order valence-electron chi connectivity index (χ1n) is 8.47. The number of H-pyrrole nitrogens is 1. The number of nitrogens with zero attached hydrogens (tertiary/aromatic N) is 1. The fourth-order valence-corrected chi connectivity index (χ4v) is 3.76. The molecule has 3 rings (SSSR count). The van der Waals surface area contributed by atoms with Crippen LogP contribution in [0, 0.1) is 0 Å². The zero-order chi connectivity index (χ0) is 22.2. The molecule has 11 nitrogen and oxygen atoms in total. The number of sulfone groups is 1. The molecule has 1 aromatic carbocycles. The van der Waals surface area contributed by atoms with Crippen molar-refractivity contribution in [2.75, 3.05) is 6.26 Å². The highest BCUT2D eigenvalue weighted by molar-refractivity contribution is 7.90. The lowest BCUT2D eigenvalue weighted by Gasteiger charge is -2.15. The Labute approximate surface area is 168 Å². The van der Waals surface area contributed by atoms with Gasteiger partial charge < -0.3 is 19.6 Å². The normalized spacial score (nSPS) is 12.7. The van der Waals surface area contributed by atoms with E-state index < -0.39 is 45.5 Å². The van der Waals surface area contributed by atoms with Crippen molar-refractivity contribution >= 4 is 32.7 Å². The van der Waals surface area contributed by atoms with E-state index in [-0.39, 0.29) is 32.3 Å². The molecule has 0 bridgehead atoms. The van der Waals surface area contributed by atoms with Crippen molar-refractivity contribution in [1.82, 2.24) is 9.55 Å². The van der Waals surface area contributed by atoms with Crippen molar-refractivity contribution in [3.63, 3.8) is 0 Å². The molecule has 12 heteroatoms. The van der Waals surface area contributed by atoms with Crippen LogP contribution in [0.15, 0.2) is 49.4 Å². The summed E-state index contributed by atoms with van der Waals surface area (Å²) in [6.45, 7) is 0. The predicted molar refractivity (Wildman–Crippen MR) is 102 cm³/mol. The summed E-state index contributed by atoms with van der Waals surface area (Å²) in [6.07, 6.45) is 1.36. The van der Waals surface area contributed by atoms with Gasteiger partial charge in [0.15, 0.2) is 9.84 Å². The monoisotopic (exact) mass is 436 g/mol. The first-order valence-corrected chi connectivity index (χ1v) is 10.4. The molecule has 0 saturated carbocycles. The molecule has 30 heavy (non-hydrogen) atoms. The summed E-state index contributed by atoms with van der Waals surface area (Å²) in [7, 11) is -3.77. The zero-order valence-electron chi connectivity index (χ0n) is 15.5. The van der Waals surface area contributed by atoms with Gasteiger partial charge in [0.2, 0.25) is 0 Å². The predicted octanol–water partition coefficient (Wildman–Crippen LogP) is 0.378. The van der Waals surface area contributed by atoms with Crippen LogP contribution in [-0.2, 0) is 25.8 Å². The first kappa shape index (κ1) is 21.0. The number of aromatic nitrogens is 2. The summed E-state index contributed by atoms with van der Waals surface area (Å²) in [5.74, 6) is -2.79. The summed E-state index contributed by atoms with van der Waals surface area (Å²) in [6, 6.07) is 3.55. The van der Waals surface area contributed by atoms with E-state index in [2.05, 4.69) is 4.98 Å². The molecule has 2 heterocycles. The van der Waals surface area contributed by atoms with Crippen molar-refractivity contribution in [2.45, 2.75) is 23.8 Å². The lowest BCUT2D eigenvalue weighted by atomic mass is 10.1. The SMILES string of the molecule is CS(=O)(=O)c1cc(Cc2ccco2)c2[nH]c(=O)n(C(CC(=O)O)C(=O)O)c(=O)c2c1. The van der Waals surface area contributed by atoms with Crippen molar-refractivity contribution < 1.29 is 32.6 Å². The van der Waals surface area contributed by atoms with Crippen molar-refractivity contribution in [3.8, 4) is 0 Å². The number of furan rings is 1. The Balaban J connectivity index is 2.37. The fourth-order valence-electron chi connectivity index (χ4n) is 3.07. The molecule has 0 aliphatic rings. The van der Waals surface area contributed by atoms with Crippen LogP contribution in [0.2, 0.25) is 0 Å². The molecular weight excluding hydrogens is 420 g/mol. The molecule has 0 saturated heterocycles. The highest BCUT2D eigenvalue weighted by Crippen LogP contribution is 2.23. The van der Waals surface area contributed by atoms with E-state index in [9.17, 15) is 32.7 Å². The molecule has 0 radical (unpaired) electrons. The minimum absolute atomic E-state index is 0.00418. The van der Waals surface area contributed by atoms with Gasteiger partial charge in [-0.2, -0.15) is 0 Å². The van der Waals surface area contributed by atoms with E-state index in [0.717, 1.165) is 12.3 Å². The maximum absolute atomic E-state index is 13.0. The molecule has 3 N–H and O–H groups in total. The number of aromatic amines is 1. The Bertz CT molecular complexity index is 1370. The van der Waals surface area contributed by atoms with Crippen LogP contribution in [0.1, 0.15) is 23.8 Å². The van der Waals surface area contributed by atoms with Gasteiger partial charge in [-0.15, -0.1) is 0 Å². The van der Waals surface area contributed by atoms with E-state index in [0.29, 0.717) is 5.76 Å². The van der Waals surface area contributed by atoms with Gasteiger partial charge in [0.25, 0.3) is 5.56 Å². The Morgan fingerprint density at radius 3 is 2.47 bits per heavy atom. The standard InChI is InChI=1S/C18H16N2O9S/c1-30(27,28)11-6-9(5-10-3-2-4-29-10)15-12(7-11)16(23)20(18(26)19-15)13(17(24)25)8-14(21)22/h2-4,6-7,13H,5,8H2,1H3,(H,19,26)(H,21,22)(H,24,25). The third-order valence-electron chi connectivity index (χ3n) is 4.43. The Kier molecular flexibility index (Phi) is 5.35. The number of fused-ring (bicyclic) bond motifs is 1. The average molecular weight is 436 g/mol. The third-order valence-corrected chi connectivity index (χ3v) is 5.52. The number of carboxylic acid groups (broad SMARTS) is 2. The van der Waals surface area contributed by atoms with Crippen LogP contribution in [0.25, 0.3) is 10.9 Å². The molecule has 0 fully saturated rings. The van der Waals surface area contributed by atoms with Crippen LogP contribution in [0.3, 0.4) is 0 Å². The lowest BCUT2D eigenvalue weighted by molar-refractivity contribution is -0.147. The van der Waals surface area contributed by atoms with Gasteiger partial charge >= 0.3 is 17.6 Å². The third kappa shape index (κ3) is 4.03. The lowest BCUT2D eigenvalue weighted by Crippen LogP contribution is -2.42. The van der Waals surface area contributed by atoms with Gasteiger partial charge in [-0.05, 0) is 29.8 Å². The number of nitrogens with one attached hydrogen (secondary N) is 1. The van der Waals surface area contributed by atoms with Crippen LogP contribution in [-0.4, -0.2) is 46.4 Å². The van der Waals surface area contributed by atoms with Crippen molar-refractivity contribution in [2.24, 2.45) is 0 Å². The van der Waals surface area contributed by atoms with Gasteiger partial charge in [-0.25, -0.2) is 22.6 Å². The number of rotatable bonds is 7. The zero-order valence-corrected chi connectivity index (χ0v) is 16.3. The minimum atomic E-state index is -3.77. The van der Waals surface area contributed by atoms with Gasteiger partial charge in [0.1, 0.15) is 11.8 Å². The Morgan fingerprint density at radius 1 is 1.23 bits per heavy atom. The largest absolute Gasteiger partial charge is 0.481 e. The number of aliphatic carboxylic acids is 2. The summed E-state index contributed by atoms with van der Waals surface area (Å²) in [5, 5.41) is 18.0. The topological polar surface area (TPSA) is 177 Å². The van der Waals surface area contributed by atoms with Crippen LogP contribution in [0.5, 0.6) is 0 Å². The van der Waals surface area contributed by atoms with Crippen LogP contribution >= 0.6 is 0 Å². The number of hydrogen-bond acceptors (Lipinski definition) is 7. The van der Waals surface area contributed by atoms with Crippen molar-refractivity contribution in [1.29, 1.82) is 0 Å². The molecule has 2 aromatic heterocycles. The van der Waals surface area contributed by atoms with Crippen LogP contribution < -0.4 is 11.2 Å². The Morgan fingerprint density at radius 2 is 1.93 bits per heavy atom. The van der Waals surface area contributed by atoms with Gasteiger partial charge in [-0.3, -0.25) is 9.59 Å². The highest BCUT2D eigenvalue weighted by atomic mass is 32.2. The van der Waals surface area contributed by atoms with E-state index in [4.69, 9.17) is 9.52 Å². The summed E-state index contributed by atoms with van der Waals surface area (Å²) in [5.41, 5.74) is -1.98. The molecule has 3 aromatic rings. The molecule has 1 atom stereocenters. The van der Waals surface area contributed by atoms with E-state index in [1.165, 1.54) is 12.3 Å². The fraction of sp³-hybridized carbons (Fsp3) is 0.222.